The molecule has 0 saturated heterocycles. The zero-order valence-electron chi connectivity index (χ0n) is 14.0. The van der Waals surface area contributed by atoms with E-state index in [4.69, 9.17) is 4.74 Å². The van der Waals surface area contributed by atoms with Gasteiger partial charge in [-0.15, -0.1) is 0 Å². The first-order valence-corrected chi connectivity index (χ1v) is 7.90. The average Bonchev–Trinajstić information content (AvgIpc) is 2.59. The highest BCUT2D eigenvalue weighted by molar-refractivity contribution is 5.94. The summed E-state index contributed by atoms with van der Waals surface area (Å²) in [6.45, 7) is 1.54. The molecule has 2 aromatic carbocycles. The second-order valence-corrected chi connectivity index (χ2v) is 5.49. The molecule has 0 unspecified atom stereocenters. The van der Waals surface area contributed by atoms with Gasteiger partial charge in [0.15, 0.2) is 6.61 Å². The Morgan fingerprint density at radius 2 is 1.52 bits per heavy atom. The zero-order valence-corrected chi connectivity index (χ0v) is 14.0. The van der Waals surface area contributed by atoms with Crippen molar-refractivity contribution in [2.75, 3.05) is 17.2 Å². The maximum Gasteiger partial charge on any atom is 0.306 e. The highest BCUT2D eigenvalue weighted by Gasteiger charge is 2.11. The fraction of sp³-hybridized carbons (Fsp3) is 0.211. The van der Waals surface area contributed by atoms with Crippen LogP contribution in [0.5, 0.6) is 0 Å². The van der Waals surface area contributed by atoms with Crippen LogP contribution >= 0.6 is 0 Å². The van der Waals surface area contributed by atoms with Crippen LogP contribution in [0.4, 0.5) is 11.4 Å². The Labute approximate surface area is 146 Å². The van der Waals surface area contributed by atoms with Gasteiger partial charge in [-0.25, -0.2) is 0 Å². The number of amides is 2. The van der Waals surface area contributed by atoms with E-state index in [0.717, 1.165) is 5.56 Å². The Morgan fingerprint density at radius 3 is 2.24 bits per heavy atom. The van der Waals surface area contributed by atoms with Crippen molar-refractivity contribution in [2.45, 2.75) is 19.8 Å². The van der Waals surface area contributed by atoms with Gasteiger partial charge >= 0.3 is 5.97 Å². The molecule has 0 saturated carbocycles. The lowest BCUT2D eigenvalue weighted by atomic mass is 10.2. The van der Waals surface area contributed by atoms with Crippen LogP contribution in [0.3, 0.4) is 0 Å². The largest absolute Gasteiger partial charge is 0.456 e. The number of hydrogen-bond acceptors (Lipinski definition) is 4. The van der Waals surface area contributed by atoms with Gasteiger partial charge in [0, 0.05) is 17.8 Å². The standard InChI is InChI=1S/C19H20N2O4/c1-14-6-5-9-16(12-14)21-17(22)10-11-19(24)25-13-18(23)20-15-7-3-2-4-8-15/h2-9,12H,10-11,13H2,1H3,(H,20,23)(H,21,22). The first-order chi connectivity index (χ1) is 12.0. The van der Waals surface area contributed by atoms with Crippen LogP contribution in [0, 0.1) is 6.92 Å². The molecule has 25 heavy (non-hydrogen) atoms. The van der Waals surface area contributed by atoms with Crippen molar-refractivity contribution in [3.05, 3.63) is 60.2 Å². The molecule has 0 fully saturated rings. The molecular weight excluding hydrogens is 320 g/mol. The number of aryl methyl sites for hydroxylation is 1. The van der Waals surface area contributed by atoms with Gasteiger partial charge in [-0.1, -0.05) is 30.3 Å². The summed E-state index contributed by atoms with van der Waals surface area (Å²) in [5, 5.41) is 5.31. The van der Waals surface area contributed by atoms with Crippen LogP contribution in [0.1, 0.15) is 18.4 Å². The number of anilines is 2. The van der Waals surface area contributed by atoms with Crippen LogP contribution in [-0.2, 0) is 19.1 Å². The Kier molecular flexibility index (Phi) is 6.71. The van der Waals surface area contributed by atoms with E-state index in [1.165, 1.54) is 0 Å². The number of benzene rings is 2. The predicted molar refractivity (Wildman–Crippen MR) is 95.1 cm³/mol. The summed E-state index contributed by atoms with van der Waals surface area (Å²) in [7, 11) is 0. The number of carbonyl (C=O) groups excluding carboxylic acids is 3. The normalized spacial score (nSPS) is 9.96. The third-order valence-electron chi connectivity index (χ3n) is 3.28. The van der Waals surface area contributed by atoms with E-state index in [-0.39, 0.29) is 25.4 Å². The molecule has 0 bridgehead atoms. The molecule has 2 rings (SSSR count). The number of ether oxygens (including phenoxy) is 1. The predicted octanol–water partition coefficient (Wildman–Crippen LogP) is 2.90. The summed E-state index contributed by atoms with van der Waals surface area (Å²) in [6, 6.07) is 16.2. The minimum Gasteiger partial charge on any atom is -0.456 e. The van der Waals surface area contributed by atoms with E-state index in [9.17, 15) is 14.4 Å². The van der Waals surface area contributed by atoms with Crippen LogP contribution in [0.25, 0.3) is 0 Å². The Hall–Kier alpha value is -3.15. The topological polar surface area (TPSA) is 84.5 Å². The van der Waals surface area contributed by atoms with Crippen LogP contribution in [0.15, 0.2) is 54.6 Å². The molecule has 6 nitrogen and oxygen atoms in total. The number of nitrogens with one attached hydrogen (secondary N) is 2. The second-order valence-electron chi connectivity index (χ2n) is 5.49. The summed E-state index contributed by atoms with van der Waals surface area (Å²) in [5.74, 6) is -1.30. The highest BCUT2D eigenvalue weighted by atomic mass is 16.5. The van der Waals surface area contributed by atoms with Gasteiger partial charge in [0.2, 0.25) is 5.91 Å². The van der Waals surface area contributed by atoms with Gasteiger partial charge in [-0.3, -0.25) is 14.4 Å². The molecule has 0 heterocycles. The van der Waals surface area contributed by atoms with E-state index in [0.29, 0.717) is 11.4 Å². The molecule has 0 aromatic heterocycles. The van der Waals surface area contributed by atoms with E-state index >= 15 is 0 Å². The van der Waals surface area contributed by atoms with Gasteiger partial charge in [-0.05, 0) is 36.8 Å². The van der Waals surface area contributed by atoms with Crippen molar-refractivity contribution in [3.8, 4) is 0 Å². The lowest BCUT2D eigenvalue weighted by molar-refractivity contribution is -0.147. The lowest BCUT2D eigenvalue weighted by Gasteiger charge is -2.07. The van der Waals surface area contributed by atoms with Crippen molar-refractivity contribution in [3.63, 3.8) is 0 Å². The third kappa shape index (κ3) is 6.87. The summed E-state index contributed by atoms with van der Waals surface area (Å²) < 4.78 is 4.86. The SMILES string of the molecule is Cc1cccc(NC(=O)CCC(=O)OCC(=O)Nc2ccccc2)c1. The van der Waals surface area contributed by atoms with E-state index in [2.05, 4.69) is 10.6 Å². The van der Waals surface area contributed by atoms with E-state index < -0.39 is 11.9 Å². The van der Waals surface area contributed by atoms with Crippen molar-refractivity contribution in [2.24, 2.45) is 0 Å². The number of carbonyl (C=O) groups is 3. The fourth-order valence-corrected chi connectivity index (χ4v) is 2.10. The molecule has 0 aliphatic rings. The summed E-state index contributed by atoms with van der Waals surface area (Å²) >= 11 is 0. The van der Waals surface area contributed by atoms with Crippen molar-refractivity contribution in [1.82, 2.24) is 0 Å². The molecule has 0 spiro atoms. The zero-order chi connectivity index (χ0) is 18.1. The van der Waals surface area contributed by atoms with Crippen LogP contribution < -0.4 is 10.6 Å². The maximum absolute atomic E-state index is 11.8. The molecular formula is C19H20N2O4. The van der Waals surface area contributed by atoms with Gasteiger partial charge in [0.05, 0.1) is 6.42 Å². The molecule has 0 radical (unpaired) electrons. The Balaban J connectivity index is 1.66. The summed E-state index contributed by atoms with van der Waals surface area (Å²) in [4.78, 5) is 35.1. The molecule has 6 heteroatoms. The van der Waals surface area contributed by atoms with Crippen LogP contribution in [-0.4, -0.2) is 24.4 Å². The first kappa shape index (κ1) is 18.2. The number of esters is 1. The molecule has 2 N–H and O–H groups in total. The summed E-state index contributed by atoms with van der Waals surface area (Å²) in [6.07, 6.45) is -0.0939. The molecule has 0 aliphatic heterocycles. The molecule has 130 valence electrons. The molecule has 0 aliphatic carbocycles. The van der Waals surface area contributed by atoms with Gasteiger partial charge in [0.1, 0.15) is 0 Å². The second kappa shape index (κ2) is 9.22. The lowest BCUT2D eigenvalue weighted by Crippen LogP contribution is -2.21. The fourth-order valence-electron chi connectivity index (χ4n) is 2.10. The van der Waals surface area contributed by atoms with Crippen molar-refractivity contribution >= 4 is 29.2 Å². The third-order valence-corrected chi connectivity index (χ3v) is 3.28. The van der Waals surface area contributed by atoms with Crippen LogP contribution in [0.2, 0.25) is 0 Å². The number of hydrogen-bond donors (Lipinski definition) is 2. The Bertz CT molecular complexity index is 744. The smallest absolute Gasteiger partial charge is 0.306 e. The molecule has 2 amide bonds. The van der Waals surface area contributed by atoms with Crippen molar-refractivity contribution in [1.29, 1.82) is 0 Å². The quantitative estimate of drug-likeness (QED) is 0.759. The minimum absolute atomic E-state index is 0.00687. The van der Waals surface area contributed by atoms with Gasteiger partial charge < -0.3 is 15.4 Å². The molecule has 0 atom stereocenters. The number of rotatable bonds is 7. The minimum atomic E-state index is -0.595. The van der Waals surface area contributed by atoms with Gasteiger partial charge in [0.25, 0.3) is 5.91 Å². The average molecular weight is 340 g/mol. The summed E-state index contributed by atoms with van der Waals surface area (Å²) in [5.41, 5.74) is 2.34. The highest BCUT2D eigenvalue weighted by Crippen LogP contribution is 2.10. The number of para-hydroxylation sites is 1. The van der Waals surface area contributed by atoms with Gasteiger partial charge in [-0.2, -0.15) is 0 Å². The Morgan fingerprint density at radius 1 is 0.840 bits per heavy atom. The monoisotopic (exact) mass is 340 g/mol. The maximum atomic E-state index is 11.8. The van der Waals surface area contributed by atoms with Crippen molar-refractivity contribution < 1.29 is 19.1 Å². The van der Waals surface area contributed by atoms with E-state index in [1.807, 2.05) is 31.2 Å². The van der Waals surface area contributed by atoms with E-state index in [1.54, 1.807) is 30.3 Å². The molecule has 2 aromatic rings. The first-order valence-electron chi connectivity index (χ1n) is 7.90.